The van der Waals surface area contributed by atoms with Crippen molar-refractivity contribution in [3.63, 3.8) is 0 Å². The molecule has 0 radical (unpaired) electrons. The highest BCUT2D eigenvalue weighted by Gasteiger charge is 2.20. The van der Waals surface area contributed by atoms with Crippen LogP contribution in [-0.4, -0.2) is 57.8 Å². The maximum Gasteiger partial charge on any atom is 0.257 e. The number of hydrogen-bond acceptors (Lipinski definition) is 6. The Kier molecular flexibility index (Phi) is 6.29. The average Bonchev–Trinajstić information content (AvgIpc) is 2.89. The number of hydrogen-bond donors (Lipinski definition) is 1. The smallest absolute Gasteiger partial charge is 0.257 e. The number of nitrogens with zero attached hydrogens (tertiary/aromatic N) is 5. The minimum Gasteiger partial charge on any atom is -0.353 e. The summed E-state index contributed by atoms with van der Waals surface area (Å²) in [4.78, 5) is 41.9. The number of pyridine rings is 1. The number of rotatable bonds is 4. The van der Waals surface area contributed by atoms with E-state index in [1.54, 1.807) is 43.6 Å². The van der Waals surface area contributed by atoms with Crippen molar-refractivity contribution < 1.29 is 9.59 Å². The molecule has 1 aliphatic heterocycles. The van der Waals surface area contributed by atoms with Gasteiger partial charge in [-0.3, -0.25) is 14.6 Å². The molecule has 0 bridgehead atoms. The fourth-order valence-corrected chi connectivity index (χ4v) is 4.26. The summed E-state index contributed by atoms with van der Waals surface area (Å²) in [6, 6.07) is 16.5. The number of amides is 2. The Hall–Kier alpha value is -4.04. The number of para-hydroxylation sites is 2. The molecule has 4 aromatic rings. The van der Waals surface area contributed by atoms with Crippen LogP contribution in [0.1, 0.15) is 17.3 Å². The summed E-state index contributed by atoms with van der Waals surface area (Å²) in [6.45, 7) is 4.34. The molecule has 0 saturated carbocycles. The predicted octanol–water partition coefficient (Wildman–Crippen LogP) is 4.27. The van der Waals surface area contributed by atoms with Crippen molar-refractivity contribution >= 4 is 46.0 Å². The van der Waals surface area contributed by atoms with Crippen molar-refractivity contribution in [1.82, 2.24) is 19.9 Å². The first kappa shape index (κ1) is 22.7. The van der Waals surface area contributed by atoms with Gasteiger partial charge in [0.2, 0.25) is 5.91 Å². The van der Waals surface area contributed by atoms with Gasteiger partial charge in [-0.05, 0) is 42.5 Å². The van der Waals surface area contributed by atoms with Crippen LogP contribution in [0.3, 0.4) is 0 Å². The number of carbonyl (C=O) groups is 2. The van der Waals surface area contributed by atoms with Crippen LogP contribution in [0.15, 0.2) is 67.0 Å². The van der Waals surface area contributed by atoms with Crippen molar-refractivity contribution in [2.45, 2.75) is 6.92 Å². The zero-order chi connectivity index (χ0) is 24.4. The van der Waals surface area contributed by atoms with Crippen LogP contribution in [0.5, 0.6) is 0 Å². The van der Waals surface area contributed by atoms with Crippen LogP contribution in [0.2, 0.25) is 5.02 Å². The second-order valence-corrected chi connectivity index (χ2v) is 8.70. The van der Waals surface area contributed by atoms with Gasteiger partial charge < -0.3 is 15.1 Å². The first-order valence-corrected chi connectivity index (χ1v) is 11.7. The van der Waals surface area contributed by atoms with E-state index in [1.165, 1.54) is 0 Å². The van der Waals surface area contributed by atoms with Gasteiger partial charge in [0.25, 0.3) is 5.91 Å². The average molecular weight is 487 g/mol. The second-order valence-electron chi connectivity index (χ2n) is 8.29. The van der Waals surface area contributed by atoms with E-state index in [1.807, 2.05) is 35.2 Å². The summed E-state index contributed by atoms with van der Waals surface area (Å²) < 4.78 is 0. The van der Waals surface area contributed by atoms with Gasteiger partial charge in [0, 0.05) is 50.6 Å². The Balaban J connectivity index is 1.29. The van der Waals surface area contributed by atoms with Crippen LogP contribution in [0.4, 0.5) is 11.5 Å². The molecule has 9 heteroatoms. The highest BCUT2D eigenvalue weighted by atomic mass is 35.5. The molecule has 3 heterocycles. The molecule has 0 atom stereocenters. The molecule has 2 aromatic heterocycles. The van der Waals surface area contributed by atoms with E-state index >= 15 is 0 Å². The Morgan fingerprint density at radius 3 is 2.40 bits per heavy atom. The fraction of sp³-hybridized carbons (Fsp3) is 0.192. The Labute approximate surface area is 207 Å². The van der Waals surface area contributed by atoms with Crippen molar-refractivity contribution in [2.24, 2.45) is 0 Å². The van der Waals surface area contributed by atoms with Crippen molar-refractivity contribution in [3.05, 3.63) is 77.6 Å². The molecular weight excluding hydrogens is 464 g/mol. The second kappa shape index (κ2) is 9.68. The molecule has 0 unspecified atom stereocenters. The first-order chi connectivity index (χ1) is 17.0. The molecule has 176 valence electrons. The van der Waals surface area contributed by atoms with Crippen LogP contribution in [0, 0.1) is 0 Å². The predicted molar refractivity (Wildman–Crippen MR) is 137 cm³/mol. The first-order valence-electron chi connectivity index (χ1n) is 11.3. The number of aromatic nitrogens is 3. The lowest BCUT2D eigenvalue weighted by molar-refractivity contribution is -0.129. The molecule has 2 aromatic carbocycles. The normalized spacial score (nSPS) is 13.7. The van der Waals surface area contributed by atoms with Crippen LogP contribution < -0.4 is 10.2 Å². The van der Waals surface area contributed by atoms with Gasteiger partial charge in [-0.2, -0.15) is 0 Å². The summed E-state index contributed by atoms with van der Waals surface area (Å²) in [5.74, 6) is 0.597. The van der Waals surface area contributed by atoms with Gasteiger partial charge in [0.05, 0.1) is 33.5 Å². The largest absolute Gasteiger partial charge is 0.353 e. The quantitative estimate of drug-likeness (QED) is 0.463. The molecule has 1 saturated heterocycles. The number of halogens is 1. The number of piperazine rings is 1. The molecule has 8 nitrogen and oxygen atoms in total. The van der Waals surface area contributed by atoms with Crippen LogP contribution >= 0.6 is 11.6 Å². The van der Waals surface area contributed by atoms with E-state index in [2.05, 4.69) is 25.2 Å². The van der Waals surface area contributed by atoms with E-state index < -0.39 is 0 Å². The third-order valence-electron chi connectivity index (χ3n) is 6.01. The van der Waals surface area contributed by atoms with Gasteiger partial charge in [-0.25, -0.2) is 9.97 Å². The lowest BCUT2D eigenvalue weighted by Gasteiger charge is -2.34. The van der Waals surface area contributed by atoms with Gasteiger partial charge in [0.1, 0.15) is 5.82 Å². The zero-order valence-electron chi connectivity index (χ0n) is 19.1. The molecule has 0 aliphatic carbocycles. The van der Waals surface area contributed by atoms with Gasteiger partial charge in [0.15, 0.2) is 0 Å². The Morgan fingerprint density at radius 1 is 0.914 bits per heavy atom. The number of anilines is 2. The zero-order valence-corrected chi connectivity index (χ0v) is 19.9. The summed E-state index contributed by atoms with van der Waals surface area (Å²) >= 11 is 6.44. The monoisotopic (exact) mass is 486 g/mol. The minimum atomic E-state index is -0.275. The van der Waals surface area contributed by atoms with Gasteiger partial charge in [-0.1, -0.05) is 23.7 Å². The van der Waals surface area contributed by atoms with Crippen molar-refractivity contribution in [2.75, 3.05) is 36.4 Å². The van der Waals surface area contributed by atoms with E-state index in [9.17, 15) is 9.59 Å². The third-order valence-corrected chi connectivity index (χ3v) is 6.34. The summed E-state index contributed by atoms with van der Waals surface area (Å²) in [5, 5.41) is 3.42. The lowest BCUT2D eigenvalue weighted by atomic mass is 10.1. The molecule has 1 N–H and O–H groups in total. The number of fused-ring (bicyclic) bond motifs is 1. The van der Waals surface area contributed by atoms with Crippen LogP contribution in [-0.2, 0) is 4.79 Å². The SMILES string of the molecule is CC(=O)N1CCN(c2ccc(C(=O)Nc3ccc(Cl)c(-c4cnc5ccccc5n4)c3)cn2)CC1. The van der Waals surface area contributed by atoms with Gasteiger partial charge >= 0.3 is 0 Å². The highest BCUT2D eigenvalue weighted by molar-refractivity contribution is 6.33. The molecule has 1 fully saturated rings. The van der Waals surface area contributed by atoms with Gasteiger partial charge in [-0.15, -0.1) is 0 Å². The van der Waals surface area contributed by atoms with E-state index in [4.69, 9.17) is 11.6 Å². The number of carbonyl (C=O) groups excluding carboxylic acids is 2. The van der Waals surface area contributed by atoms with E-state index in [0.717, 1.165) is 16.9 Å². The maximum atomic E-state index is 12.9. The van der Waals surface area contributed by atoms with Crippen molar-refractivity contribution in [3.8, 4) is 11.3 Å². The molecule has 1 aliphatic rings. The van der Waals surface area contributed by atoms with Crippen LogP contribution in [0.25, 0.3) is 22.3 Å². The molecule has 2 amide bonds. The molecule has 35 heavy (non-hydrogen) atoms. The molecule has 0 spiro atoms. The third kappa shape index (κ3) is 4.93. The maximum absolute atomic E-state index is 12.9. The lowest BCUT2D eigenvalue weighted by Crippen LogP contribution is -2.48. The Bertz CT molecular complexity index is 1400. The number of nitrogens with one attached hydrogen (secondary N) is 1. The van der Waals surface area contributed by atoms with E-state index in [-0.39, 0.29) is 11.8 Å². The molecule has 5 rings (SSSR count). The van der Waals surface area contributed by atoms with Crippen molar-refractivity contribution in [1.29, 1.82) is 0 Å². The minimum absolute atomic E-state index is 0.0858. The summed E-state index contributed by atoms with van der Waals surface area (Å²) in [7, 11) is 0. The fourth-order valence-electron chi connectivity index (χ4n) is 4.05. The standard InChI is InChI=1S/C26H23ClN6O2/c1-17(34)32-10-12-33(13-11-32)25-9-6-18(15-29-25)26(35)30-19-7-8-21(27)20(14-19)24-16-28-22-4-2-3-5-23(22)31-24/h2-9,14-16H,10-13H2,1H3,(H,30,35). The topological polar surface area (TPSA) is 91.3 Å². The number of benzene rings is 2. The highest BCUT2D eigenvalue weighted by Crippen LogP contribution is 2.30. The summed E-state index contributed by atoms with van der Waals surface area (Å²) in [6.07, 6.45) is 3.24. The summed E-state index contributed by atoms with van der Waals surface area (Å²) in [5.41, 5.74) is 3.91. The molecular formula is C26H23ClN6O2. The van der Waals surface area contributed by atoms with E-state index in [0.29, 0.717) is 53.7 Å². The Morgan fingerprint density at radius 2 is 1.69 bits per heavy atom.